The van der Waals surface area contributed by atoms with Crippen LogP contribution in [-0.4, -0.2) is 25.7 Å². The van der Waals surface area contributed by atoms with Gasteiger partial charge in [0, 0.05) is 23.6 Å². The van der Waals surface area contributed by atoms with E-state index in [-0.39, 0.29) is 0 Å². The third kappa shape index (κ3) is 4.05. The first-order valence-electron chi connectivity index (χ1n) is 9.07. The summed E-state index contributed by atoms with van der Waals surface area (Å²) in [5, 5.41) is 8.81. The second-order valence-corrected chi connectivity index (χ2v) is 7.60. The van der Waals surface area contributed by atoms with Gasteiger partial charge in [-0.05, 0) is 36.8 Å². The standard InChI is InChI=1S/C22H19N5OS/c1-15-7-9-18(10-8-15)27-21(17-11-13-24-14-12-17)25-26-22(27)29-19(20(23)28)16-5-3-2-4-6-16/h2-14,19H,1H3,(H2,23,28). The van der Waals surface area contributed by atoms with E-state index in [1.807, 2.05) is 78.2 Å². The summed E-state index contributed by atoms with van der Waals surface area (Å²) in [5.41, 5.74) is 9.49. The van der Waals surface area contributed by atoms with Gasteiger partial charge in [-0.3, -0.25) is 14.3 Å². The van der Waals surface area contributed by atoms with E-state index >= 15 is 0 Å². The zero-order valence-electron chi connectivity index (χ0n) is 15.8. The molecule has 0 aliphatic heterocycles. The van der Waals surface area contributed by atoms with Crippen LogP contribution < -0.4 is 5.73 Å². The molecule has 4 rings (SSSR count). The van der Waals surface area contributed by atoms with Crippen LogP contribution >= 0.6 is 11.8 Å². The zero-order valence-corrected chi connectivity index (χ0v) is 16.6. The molecular formula is C22H19N5OS. The van der Waals surface area contributed by atoms with Crippen molar-refractivity contribution in [1.82, 2.24) is 19.7 Å². The topological polar surface area (TPSA) is 86.7 Å². The Kier molecular flexibility index (Phi) is 5.39. The molecule has 2 heterocycles. The molecule has 6 nitrogen and oxygen atoms in total. The molecule has 1 amide bonds. The smallest absolute Gasteiger partial charge is 0.235 e. The van der Waals surface area contributed by atoms with Crippen molar-refractivity contribution in [1.29, 1.82) is 0 Å². The highest BCUT2D eigenvalue weighted by Crippen LogP contribution is 2.37. The highest BCUT2D eigenvalue weighted by Gasteiger charge is 2.24. The van der Waals surface area contributed by atoms with Gasteiger partial charge in [0.15, 0.2) is 11.0 Å². The summed E-state index contributed by atoms with van der Waals surface area (Å²) in [6.45, 7) is 2.04. The minimum atomic E-state index is -0.574. The van der Waals surface area contributed by atoms with E-state index < -0.39 is 11.2 Å². The molecule has 2 N–H and O–H groups in total. The van der Waals surface area contributed by atoms with E-state index in [9.17, 15) is 4.79 Å². The lowest BCUT2D eigenvalue weighted by Crippen LogP contribution is -2.19. The summed E-state index contributed by atoms with van der Waals surface area (Å²) in [7, 11) is 0. The summed E-state index contributed by atoms with van der Waals surface area (Å²) in [6, 6.07) is 21.3. The van der Waals surface area contributed by atoms with E-state index in [0.717, 1.165) is 22.4 Å². The first-order chi connectivity index (χ1) is 14.1. The van der Waals surface area contributed by atoms with Crippen molar-refractivity contribution in [2.75, 3.05) is 0 Å². The van der Waals surface area contributed by atoms with Gasteiger partial charge in [-0.1, -0.05) is 59.8 Å². The van der Waals surface area contributed by atoms with Crippen molar-refractivity contribution >= 4 is 17.7 Å². The molecular weight excluding hydrogens is 382 g/mol. The summed E-state index contributed by atoms with van der Waals surface area (Å²) in [4.78, 5) is 16.3. The summed E-state index contributed by atoms with van der Waals surface area (Å²) < 4.78 is 1.94. The second-order valence-electron chi connectivity index (χ2n) is 6.52. The molecule has 29 heavy (non-hydrogen) atoms. The number of hydrogen-bond acceptors (Lipinski definition) is 5. The molecule has 0 bridgehead atoms. The first kappa shape index (κ1) is 18.9. The number of aryl methyl sites for hydroxylation is 1. The van der Waals surface area contributed by atoms with Gasteiger partial charge in [0.1, 0.15) is 5.25 Å². The van der Waals surface area contributed by atoms with Gasteiger partial charge in [0.25, 0.3) is 0 Å². The first-order valence-corrected chi connectivity index (χ1v) is 9.95. The van der Waals surface area contributed by atoms with Gasteiger partial charge < -0.3 is 5.73 Å². The lowest BCUT2D eigenvalue weighted by Gasteiger charge is -2.15. The molecule has 0 saturated carbocycles. The Bertz CT molecular complexity index is 1110. The number of pyridine rings is 1. The van der Waals surface area contributed by atoms with Crippen molar-refractivity contribution in [3.63, 3.8) is 0 Å². The third-order valence-electron chi connectivity index (χ3n) is 4.45. The number of amides is 1. The highest BCUT2D eigenvalue weighted by atomic mass is 32.2. The highest BCUT2D eigenvalue weighted by molar-refractivity contribution is 8.00. The van der Waals surface area contributed by atoms with Crippen LogP contribution in [0.4, 0.5) is 0 Å². The number of carbonyl (C=O) groups is 1. The molecule has 0 aliphatic rings. The van der Waals surface area contributed by atoms with Crippen LogP contribution in [0.25, 0.3) is 17.1 Å². The lowest BCUT2D eigenvalue weighted by molar-refractivity contribution is -0.117. The summed E-state index contributed by atoms with van der Waals surface area (Å²) >= 11 is 1.29. The Labute approximate surface area is 172 Å². The number of primary amides is 1. The number of rotatable bonds is 6. The fourth-order valence-electron chi connectivity index (χ4n) is 2.98. The van der Waals surface area contributed by atoms with Crippen LogP contribution in [-0.2, 0) is 4.79 Å². The molecule has 1 unspecified atom stereocenters. The molecule has 0 saturated heterocycles. The molecule has 0 fully saturated rings. The number of carbonyl (C=O) groups excluding carboxylic acids is 1. The Hall–Kier alpha value is -3.45. The maximum atomic E-state index is 12.2. The van der Waals surface area contributed by atoms with Crippen LogP contribution in [0.5, 0.6) is 0 Å². The monoisotopic (exact) mass is 401 g/mol. The van der Waals surface area contributed by atoms with Gasteiger partial charge in [-0.25, -0.2) is 0 Å². The quantitative estimate of drug-likeness (QED) is 0.494. The largest absolute Gasteiger partial charge is 0.368 e. The maximum Gasteiger partial charge on any atom is 0.235 e. The van der Waals surface area contributed by atoms with Crippen molar-refractivity contribution in [2.45, 2.75) is 17.3 Å². The molecule has 0 aliphatic carbocycles. The number of nitrogens with zero attached hydrogens (tertiary/aromatic N) is 4. The zero-order chi connectivity index (χ0) is 20.2. The average molecular weight is 401 g/mol. The Balaban J connectivity index is 1.82. The average Bonchev–Trinajstić information content (AvgIpc) is 3.17. The molecule has 2 aromatic heterocycles. The number of hydrogen-bond donors (Lipinski definition) is 1. The fraction of sp³-hybridized carbons (Fsp3) is 0.0909. The number of benzene rings is 2. The Morgan fingerprint density at radius 2 is 1.66 bits per heavy atom. The number of nitrogens with two attached hydrogens (primary N) is 1. The van der Waals surface area contributed by atoms with Crippen LogP contribution in [0.15, 0.2) is 84.3 Å². The predicted octanol–water partition coefficient (Wildman–Crippen LogP) is 3.96. The second kappa shape index (κ2) is 8.28. The minimum absolute atomic E-state index is 0.426. The number of thioether (sulfide) groups is 1. The van der Waals surface area contributed by atoms with Crippen molar-refractivity contribution in [3.8, 4) is 17.1 Å². The summed E-state index contributed by atoms with van der Waals surface area (Å²) in [6.07, 6.45) is 3.43. The Morgan fingerprint density at radius 3 is 2.31 bits per heavy atom. The molecule has 0 spiro atoms. The normalized spacial score (nSPS) is 11.9. The molecule has 2 aromatic carbocycles. The molecule has 144 valence electrons. The Morgan fingerprint density at radius 1 is 0.966 bits per heavy atom. The van der Waals surface area contributed by atoms with E-state index in [0.29, 0.717) is 11.0 Å². The third-order valence-corrected chi connectivity index (χ3v) is 5.66. The van der Waals surface area contributed by atoms with Crippen molar-refractivity contribution < 1.29 is 4.79 Å². The van der Waals surface area contributed by atoms with Gasteiger partial charge in [-0.15, -0.1) is 10.2 Å². The molecule has 4 aromatic rings. The van der Waals surface area contributed by atoms with Crippen LogP contribution in [0.2, 0.25) is 0 Å². The van der Waals surface area contributed by atoms with Gasteiger partial charge in [-0.2, -0.15) is 0 Å². The predicted molar refractivity (Wildman–Crippen MR) is 114 cm³/mol. The van der Waals surface area contributed by atoms with Crippen LogP contribution in [0, 0.1) is 6.92 Å². The van der Waals surface area contributed by atoms with Gasteiger partial charge in [0.05, 0.1) is 0 Å². The SMILES string of the molecule is Cc1ccc(-n2c(SC(C(N)=O)c3ccccc3)nnc2-c2ccncc2)cc1. The van der Waals surface area contributed by atoms with E-state index in [4.69, 9.17) is 5.73 Å². The van der Waals surface area contributed by atoms with Gasteiger partial charge >= 0.3 is 0 Å². The van der Waals surface area contributed by atoms with E-state index in [1.165, 1.54) is 11.8 Å². The van der Waals surface area contributed by atoms with Crippen molar-refractivity contribution in [2.24, 2.45) is 5.73 Å². The number of aromatic nitrogens is 4. The minimum Gasteiger partial charge on any atom is -0.368 e. The fourth-order valence-corrected chi connectivity index (χ4v) is 3.99. The van der Waals surface area contributed by atoms with Crippen LogP contribution in [0.3, 0.4) is 0 Å². The lowest BCUT2D eigenvalue weighted by atomic mass is 10.1. The van der Waals surface area contributed by atoms with Crippen molar-refractivity contribution in [3.05, 3.63) is 90.3 Å². The molecule has 0 radical (unpaired) electrons. The molecule has 1 atom stereocenters. The van der Waals surface area contributed by atoms with E-state index in [1.54, 1.807) is 12.4 Å². The summed E-state index contributed by atoms with van der Waals surface area (Å²) in [5.74, 6) is 0.250. The maximum absolute atomic E-state index is 12.2. The van der Waals surface area contributed by atoms with E-state index in [2.05, 4.69) is 15.2 Å². The molecule has 7 heteroatoms. The van der Waals surface area contributed by atoms with Gasteiger partial charge in [0.2, 0.25) is 5.91 Å². The van der Waals surface area contributed by atoms with Crippen LogP contribution in [0.1, 0.15) is 16.4 Å².